The molecule has 0 spiro atoms. The van der Waals surface area contributed by atoms with Gasteiger partial charge in [0.05, 0.1) is 5.70 Å². The summed E-state index contributed by atoms with van der Waals surface area (Å²) in [6, 6.07) is 0. The van der Waals surface area contributed by atoms with E-state index in [0.29, 0.717) is 18.7 Å². The summed E-state index contributed by atoms with van der Waals surface area (Å²) < 4.78 is 0. The third kappa shape index (κ3) is 9.41. The Morgan fingerprint density at radius 1 is 1.35 bits per heavy atom. The monoisotopic (exact) mass is 242 g/mol. The molecule has 0 bridgehead atoms. The smallest absolute Gasteiger partial charge is 0.185 e. The van der Waals surface area contributed by atoms with Crippen molar-refractivity contribution in [2.45, 2.75) is 34.1 Å². The predicted molar refractivity (Wildman–Crippen MR) is 73.6 cm³/mol. The maximum absolute atomic E-state index is 11.6. The fourth-order valence-corrected chi connectivity index (χ4v) is 1.04. The van der Waals surface area contributed by atoms with Crippen molar-refractivity contribution in [2.75, 3.05) is 13.6 Å². The first kappa shape index (κ1) is 17.9. The van der Waals surface area contributed by atoms with Crippen molar-refractivity contribution in [1.29, 1.82) is 0 Å². The van der Waals surface area contributed by atoms with Gasteiger partial charge in [-0.1, -0.05) is 33.8 Å². The number of nitrogens with two attached hydrogens (primary N) is 2. The minimum absolute atomic E-state index is 0.00761. The first-order chi connectivity index (χ1) is 7.99. The second-order valence-corrected chi connectivity index (χ2v) is 3.48. The van der Waals surface area contributed by atoms with Crippen LogP contribution in [0.25, 0.3) is 0 Å². The Hall–Kier alpha value is -1.52. The number of hydrogen-bond acceptors (Lipinski definition) is 3. The van der Waals surface area contributed by atoms with Crippen LogP contribution in [0, 0.1) is 5.92 Å². The van der Waals surface area contributed by atoms with Gasteiger partial charge in [-0.15, -0.1) is 0 Å². The second kappa shape index (κ2) is 11.0. The number of guanidine groups is 1. The van der Waals surface area contributed by atoms with Gasteiger partial charge in [0.2, 0.25) is 0 Å². The Morgan fingerprint density at radius 2 is 1.88 bits per heavy atom. The molecule has 0 radical (unpaired) electrons. The van der Waals surface area contributed by atoms with E-state index in [1.54, 1.807) is 7.05 Å². The SMILES string of the molecule is CC.CN/C(=C/CCN=C(N)N)C(=O)C(C)C. The van der Waals surface area contributed by atoms with Crippen molar-refractivity contribution in [3.8, 4) is 0 Å². The molecule has 0 saturated carbocycles. The molecule has 0 aromatic carbocycles. The summed E-state index contributed by atoms with van der Waals surface area (Å²) in [6.07, 6.45) is 2.46. The number of ketones is 1. The standard InChI is InChI=1S/C10H20N4O.C2H6/c1-7(2)9(15)8(13-3)5-4-6-14-10(11)12;1-2/h5,7,13H,4,6H2,1-3H3,(H4,11,12,14);1-2H3/b8-5+;. The highest BCUT2D eigenvalue weighted by atomic mass is 16.1. The van der Waals surface area contributed by atoms with E-state index in [1.807, 2.05) is 33.8 Å². The number of hydrogen-bond donors (Lipinski definition) is 3. The van der Waals surface area contributed by atoms with E-state index in [0.717, 1.165) is 0 Å². The van der Waals surface area contributed by atoms with Gasteiger partial charge < -0.3 is 16.8 Å². The molecule has 5 nitrogen and oxygen atoms in total. The quantitative estimate of drug-likeness (QED) is 0.280. The average molecular weight is 242 g/mol. The lowest BCUT2D eigenvalue weighted by Crippen LogP contribution is -2.23. The van der Waals surface area contributed by atoms with Crippen LogP contribution in [0.2, 0.25) is 0 Å². The molecule has 0 fully saturated rings. The Morgan fingerprint density at radius 3 is 2.24 bits per heavy atom. The summed E-state index contributed by atoms with van der Waals surface area (Å²) >= 11 is 0. The number of allylic oxidation sites excluding steroid dienone is 1. The van der Waals surface area contributed by atoms with E-state index in [1.165, 1.54) is 0 Å². The third-order valence-corrected chi connectivity index (χ3v) is 1.83. The highest BCUT2D eigenvalue weighted by Crippen LogP contribution is 2.03. The first-order valence-corrected chi connectivity index (χ1v) is 5.96. The molecule has 0 aromatic heterocycles. The number of likely N-dealkylation sites (N-methyl/N-ethyl adjacent to an activating group) is 1. The van der Waals surface area contributed by atoms with Crippen LogP contribution in [-0.4, -0.2) is 25.3 Å². The van der Waals surface area contributed by atoms with Crippen LogP contribution < -0.4 is 16.8 Å². The first-order valence-electron chi connectivity index (χ1n) is 5.96. The van der Waals surface area contributed by atoms with E-state index in [4.69, 9.17) is 11.5 Å². The van der Waals surface area contributed by atoms with Crippen molar-refractivity contribution < 1.29 is 4.79 Å². The van der Waals surface area contributed by atoms with Gasteiger partial charge in [-0.05, 0) is 6.42 Å². The summed E-state index contributed by atoms with van der Waals surface area (Å²) in [7, 11) is 1.73. The van der Waals surface area contributed by atoms with Crippen molar-refractivity contribution in [1.82, 2.24) is 5.32 Å². The largest absolute Gasteiger partial charge is 0.386 e. The van der Waals surface area contributed by atoms with E-state index in [2.05, 4.69) is 10.3 Å². The third-order valence-electron chi connectivity index (χ3n) is 1.83. The molecule has 0 heterocycles. The summed E-state index contributed by atoms with van der Waals surface area (Å²) in [4.78, 5) is 15.4. The summed E-state index contributed by atoms with van der Waals surface area (Å²) in [5.74, 6) is 0.165. The van der Waals surface area contributed by atoms with Gasteiger partial charge in [0.1, 0.15) is 0 Å². The normalized spacial score (nSPS) is 10.4. The lowest BCUT2D eigenvalue weighted by atomic mass is 10.1. The molecule has 0 saturated heterocycles. The maximum atomic E-state index is 11.6. The fourth-order valence-electron chi connectivity index (χ4n) is 1.04. The van der Waals surface area contributed by atoms with Gasteiger partial charge in [0.25, 0.3) is 0 Å². The van der Waals surface area contributed by atoms with Crippen LogP contribution in [0.15, 0.2) is 16.8 Å². The number of aliphatic imine (C=N–C) groups is 1. The lowest BCUT2D eigenvalue weighted by molar-refractivity contribution is -0.118. The van der Waals surface area contributed by atoms with E-state index in [-0.39, 0.29) is 17.7 Å². The molecule has 0 unspecified atom stereocenters. The zero-order chi connectivity index (χ0) is 13.8. The van der Waals surface area contributed by atoms with Crippen LogP contribution in [0.1, 0.15) is 34.1 Å². The molecule has 17 heavy (non-hydrogen) atoms. The van der Waals surface area contributed by atoms with E-state index < -0.39 is 0 Å². The molecule has 100 valence electrons. The number of nitrogens with zero attached hydrogens (tertiary/aromatic N) is 1. The number of Topliss-reactive ketones (excluding diaryl/α,β-unsaturated/α-hetero) is 1. The Labute approximate surface area is 104 Å². The molecule has 0 rings (SSSR count). The highest BCUT2D eigenvalue weighted by molar-refractivity contribution is 5.96. The summed E-state index contributed by atoms with van der Waals surface area (Å²) in [5.41, 5.74) is 11.0. The van der Waals surface area contributed by atoms with Gasteiger partial charge in [-0.2, -0.15) is 0 Å². The average Bonchev–Trinajstić information content (AvgIpc) is 2.30. The van der Waals surface area contributed by atoms with E-state index >= 15 is 0 Å². The van der Waals surface area contributed by atoms with Gasteiger partial charge >= 0.3 is 0 Å². The Kier molecular flexibility index (Phi) is 11.5. The lowest BCUT2D eigenvalue weighted by Gasteiger charge is -2.08. The molecule has 0 aromatic rings. The molecule has 0 amide bonds. The number of rotatable bonds is 6. The summed E-state index contributed by atoms with van der Waals surface area (Å²) in [5, 5.41) is 2.87. The Balaban J connectivity index is 0. The van der Waals surface area contributed by atoms with Crippen molar-refractivity contribution >= 4 is 11.7 Å². The molecule has 0 aliphatic carbocycles. The second-order valence-electron chi connectivity index (χ2n) is 3.48. The number of nitrogens with one attached hydrogen (secondary N) is 1. The molecule has 0 atom stereocenters. The molecule has 0 aliphatic heterocycles. The zero-order valence-electron chi connectivity index (χ0n) is 11.6. The van der Waals surface area contributed by atoms with E-state index in [9.17, 15) is 4.79 Å². The van der Waals surface area contributed by atoms with Gasteiger partial charge in [0.15, 0.2) is 11.7 Å². The molecule has 0 aliphatic rings. The summed E-state index contributed by atoms with van der Waals surface area (Å²) in [6.45, 7) is 8.23. The number of carbonyl (C=O) groups is 1. The van der Waals surface area contributed by atoms with Crippen LogP contribution in [0.3, 0.4) is 0 Å². The molecular weight excluding hydrogens is 216 g/mol. The Bertz CT molecular complexity index is 266. The predicted octanol–water partition coefficient (Wildman–Crippen LogP) is 1.00. The fraction of sp³-hybridized carbons (Fsp3) is 0.667. The molecule has 5 N–H and O–H groups in total. The van der Waals surface area contributed by atoms with Crippen molar-refractivity contribution in [3.63, 3.8) is 0 Å². The van der Waals surface area contributed by atoms with Crippen LogP contribution >= 0.6 is 0 Å². The van der Waals surface area contributed by atoms with Crippen LogP contribution in [0.4, 0.5) is 0 Å². The minimum Gasteiger partial charge on any atom is -0.386 e. The van der Waals surface area contributed by atoms with Crippen LogP contribution in [0.5, 0.6) is 0 Å². The van der Waals surface area contributed by atoms with Crippen molar-refractivity contribution in [3.05, 3.63) is 11.8 Å². The minimum atomic E-state index is -0.00761. The van der Waals surface area contributed by atoms with Gasteiger partial charge in [0, 0.05) is 19.5 Å². The molecule has 5 heteroatoms. The van der Waals surface area contributed by atoms with Crippen LogP contribution in [-0.2, 0) is 4.79 Å². The van der Waals surface area contributed by atoms with Gasteiger partial charge in [-0.3, -0.25) is 9.79 Å². The zero-order valence-corrected chi connectivity index (χ0v) is 11.6. The van der Waals surface area contributed by atoms with Crippen molar-refractivity contribution in [2.24, 2.45) is 22.4 Å². The highest BCUT2D eigenvalue weighted by Gasteiger charge is 2.11. The van der Waals surface area contributed by atoms with Gasteiger partial charge in [-0.25, -0.2) is 0 Å². The topological polar surface area (TPSA) is 93.5 Å². The number of carbonyl (C=O) groups excluding carboxylic acids is 1. The maximum Gasteiger partial charge on any atom is 0.185 e. The molecular formula is C12H26N4O.